The van der Waals surface area contributed by atoms with Crippen LogP contribution in [0.2, 0.25) is 0 Å². The summed E-state index contributed by atoms with van der Waals surface area (Å²) in [6, 6.07) is 0. The number of nitrogens with one attached hydrogen (secondary N) is 2. The zero-order chi connectivity index (χ0) is 5.98. The highest BCUT2D eigenvalue weighted by molar-refractivity contribution is 8.00. The molecule has 2 nitrogen and oxygen atoms in total. The Morgan fingerprint density at radius 2 is 2.38 bits per heavy atom. The Kier molecular flexibility index (Phi) is 1.81. The molecule has 0 amide bonds. The van der Waals surface area contributed by atoms with Crippen molar-refractivity contribution in [2.24, 2.45) is 5.92 Å². The van der Waals surface area contributed by atoms with Gasteiger partial charge in [0.25, 0.3) is 0 Å². The molecule has 0 fully saturated rings. The van der Waals surface area contributed by atoms with E-state index >= 15 is 0 Å². The van der Waals surface area contributed by atoms with E-state index in [1.54, 1.807) is 11.9 Å². The lowest BCUT2D eigenvalue weighted by Crippen LogP contribution is -2.21. The molecule has 0 aromatic heterocycles. The first kappa shape index (κ1) is 5.98. The Hall–Kier alpha value is -0.150. The van der Waals surface area contributed by atoms with Gasteiger partial charge in [-0.3, -0.25) is 0 Å². The van der Waals surface area contributed by atoms with E-state index in [1.807, 2.05) is 0 Å². The molecule has 1 aliphatic heterocycles. The van der Waals surface area contributed by atoms with E-state index in [4.69, 9.17) is 0 Å². The molecule has 1 heterocycles. The van der Waals surface area contributed by atoms with Gasteiger partial charge < -0.3 is 5.43 Å². The topological polar surface area (TPSA) is 24.1 Å². The molecule has 0 saturated heterocycles. The summed E-state index contributed by atoms with van der Waals surface area (Å²) in [5.41, 5.74) is 4.30. The molecule has 3 heteroatoms. The molecule has 0 saturated carbocycles. The first-order valence-corrected chi connectivity index (χ1v) is 3.55. The molecule has 0 aliphatic carbocycles. The van der Waals surface area contributed by atoms with Crippen molar-refractivity contribution >= 4 is 11.9 Å². The molecule has 0 bridgehead atoms. The van der Waals surface area contributed by atoms with Gasteiger partial charge in [-0.25, -0.2) is 0 Å². The molecule has 0 unspecified atom stereocenters. The molecular weight excluding hydrogens is 120 g/mol. The van der Waals surface area contributed by atoms with Gasteiger partial charge >= 0.3 is 0 Å². The van der Waals surface area contributed by atoms with Crippen molar-refractivity contribution in [1.29, 1.82) is 0 Å². The summed E-state index contributed by atoms with van der Waals surface area (Å²) in [4.78, 5) is 2.93. The van der Waals surface area contributed by atoms with Crippen LogP contribution in [0.5, 0.6) is 0 Å². The second-order valence-electron chi connectivity index (χ2n) is 2.07. The quantitative estimate of drug-likeness (QED) is 0.522. The molecular formula is C5H10N2S. The minimum atomic E-state index is 0.609. The number of hydrogen-bond acceptors (Lipinski definition) is 3. The van der Waals surface area contributed by atoms with Crippen LogP contribution in [0.25, 0.3) is 0 Å². The average Bonchev–Trinajstić information content (AvgIpc) is 2.12. The fourth-order valence-corrected chi connectivity index (χ4v) is 1.18. The first-order chi connectivity index (χ1) is 3.80. The highest BCUT2D eigenvalue weighted by Crippen LogP contribution is 2.14. The molecule has 0 atom stereocenters. The van der Waals surface area contributed by atoms with Gasteiger partial charge in [-0.1, -0.05) is 13.8 Å². The molecule has 0 spiro atoms. The maximum absolute atomic E-state index is 3.03. The SMILES string of the molecule is CC(C)C1=CSNN1. The second-order valence-corrected chi connectivity index (χ2v) is 2.75. The van der Waals surface area contributed by atoms with E-state index in [2.05, 4.69) is 29.5 Å². The Labute approximate surface area is 53.8 Å². The van der Waals surface area contributed by atoms with Crippen molar-refractivity contribution in [3.8, 4) is 0 Å². The lowest BCUT2D eigenvalue weighted by molar-refractivity contribution is 0.661. The molecule has 1 aliphatic rings. The van der Waals surface area contributed by atoms with Crippen LogP contribution in [-0.2, 0) is 0 Å². The number of hydrogen-bond donors (Lipinski definition) is 2. The van der Waals surface area contributed by atoms with E-state index in [-0.39, 0.29) is 0 Å². The lowest BCUT2D eigenvalue weighted by Gasteiger charge is -2.04. The standard InChI is InChI=1S/C5H10N2S/c1-4(2)5-3-8-7-6-5/h3-4,6-7H,1-2H3. The number of hydrazine groups is 1. The van der Waals surface area contributed by atoms with Crippen molar-refractivity contribution in [2.75, 3.05) is 0 Å². The Morgan fingerprint density at radius 1 is 1.62 bits per heavy atom. The first-order valence-electron chi connectivity index (χ1n) is 2.67. The highest BCUT2D eigenvalue weighted by atomic mass is 32.2. The third-order valence-electron chi connectivity index (χ3n) is 1.06. The molecule has 46 valence electrons. The smallest absolute Gasteiger partial charge is 0.0372 e. The lowest BCUT2D eigenvalue weighted by atomic mass is 10.2. The van der Waals surface area contributed by atoms with E-state index in [0.29, 0.717) is 5.92 Å². The minimum Gasteiger partial charge on any atom is -0.315 e. The van der Waals surface area contributed by atoms with Gasteiger partial charge in [0, 0.05) is 11.1 Å². The summed E-state index contributed by atoms with van der Waals surface area (Å²) in [5, 5.41) is 2.09. The predicted molar refractivity (Wildman–Crippen MR) is 36.8 cm³/mol. The van der Waals surface area contributed by atoms with E-state index in [9.17, 15) is 0 Å². The summed E-state index contributed by atoms with van der Waals surface area (Å²) in [6.45, 7) is 4.32. The van der Waals surface area contributed by atoms with Crippen LogP contribution in [0.1, 0.15) is 13.8 Å². The van der Waals surface area contributed by atoms with Crippen molar-refractivity contribution < 1.29 is 0 Å². The van der Waals surface area contributed by atoms with E-state index in [1.165, 1.54) is 5.70 Å². The van der Waals surface area contributed by atoms with E-state index in [0.717, 1.165) is 0 Å². The largest absolute Gasteiger partial charge is 0.315 e. The van der Waals surface area contributed by atoms with Crippen LogP contribution in [-0.4, -0.2) is 0 Å². The maximum atomic E-state index is 3.03. The fourth-order valence-electron chi connectivity index (χ4n) is 0.491. The van der Waals surface area contributed by atoms with Gasteiger partial charge in [0.15, 0.2) is 0 Å². The van der Waals surface area contributed by atoms with Gasteiger partial charge in [-0.05, 0) is 17.9 Å². The van der Waals surface area contributed by atoms with Crippen molar-refractivity contribution in [3.63, 3.8) is 0 Å². The molecule has 1 rings (SSSR count). The van der Waals surface area contributed by atoms with Gasteiger partial charge in [-0.2, -0.15) is 4.83 Å². The van der Waals surface area contributed by atoms with Gasteiger partial charge in [-0.15, -0.1) is 0 Å². The Bertz CT molecular complexity index is 109. The van der Waals surface area contributed by atoms with Crippen LogP contribution >= 0.6 is 11.9 Å². The number of allylic oxidation sites excluding steroid dienone is 1. The zero-order valence-electron chi connectivity index (χ0n) is 5.06. The van der Waals surface area contributed by atoms with Crippen LogP contribution in [0.15, 0.2) is 11.1 Å². The number of rotatable bonds is 1. The van der Waals surface area contributed by atoms with Crippen LogP contribution in [0.3, 0.4) is 0 Å². The Morgan fingerprint density at radius 3 is 2.62 bits per heavy atom. The fraction of sp³-hybridized carbons (Fsp3) is 0.600. The van der Waals surface area contributed by atoms with Crippen LogP contribution < -0.4 is 10.3 Å². The van der Waals surface area contributed by atoms with Crippen LogP contribution in [0.4, 0.5) is 0 Å². The monoisotopic (exact) mass is 130 g/mol. The summed E-state index contributed by atoms with van der Waals surface area (Å²) in [6.07, 6.45) is 0. The van der Waals surface area contributed by atoms with Crippen molar-refractivity contribution in [2.45, 2.75) is 13.8 Å². The van der Waals surface area contributed by atoms with Crippen LogP contribution in [0, 0.1) is 5.92 Å². The predicted octanol–water partition coefficient (Wildman–Crippen LogP) is 1.24. The van der Waals surface area contributed by atoms with Crippen molar-refractivity contribution in [1.82, 2.24) is 10.3 Å². The molecule has 0 aromatic carbocycles. The van der Waals surface area contributed by atoms with E-state index < -0.39 is 0 Å². The second kappa shape index (κ2) is 2.42. The van der Waals surface area contributed by atoms with Crippen molar-refractivity contribution in [3.05, 3.63) is 11.1 Å². The third-order valence-corrected chi connectivity index (χ3v) is 1.65. The highest BCUT2D eigenvalue weighted by Gasteiger charge is 2.05. The van der Waals surface area contributed by atoms with Gasteiger partial charge in [0.1, 0.15) is 0 Å². The molecule has 0 aromatic rings. The summed E-state index contributed by atoms with van der Waals surface area (Å²) in [5.74, 6) is 0.609. The summed E-state index contributed by atoms with van der Waals surface area (Å²) < 4.78 is 0. The minimum absolute atomic E-state index is 0.609. The molecule has 0 radical (unpaired) electrons. The van der Waals surface area contributed by atoms with Gasteiger partial charge in [0.05, 0.1) is 0 Å². The molecule has 2 N–H and O–H groups in total. The Balaban J connectivity index is 2.45. The normalized spacial score (nSPS) is 18.6. The van der Waals surface area contributed by atoms with Gasteiger partial charge in [0.2, 0.25) is 0 Å². The zero-order valence-corrected chi connectivity index (χ0v) is 5.88. The third kappa shape index (κ3) is 1.17. The average molecular weight is 130 g/mol. The maximum Gasteiger partial charge on any atom is 0.0372 e. The summed E-state index contributed by atoms with van der Waals surface area (Å²) in [7, 11) is 0. The molecule has 8 heavy (non-hydrogen) atoms. The summed E-state index contributed by atoms with van der Waals surface area (Å²) >= 11 is 1.59.